The third kappa shape index (κ3) is 3.90. The molecule has 0 saturated carbocycles. The summed E-state index contributed by atoms with van der Waals surface area (Å²) in [4.78, 5) is 21.8. The molecule has 25 heavy (non-hydrogen) atoms. The molecule has 3 aromatic rings. The highest BCUT2D eigenvalue weighted by atomic mass is 32.1. The van der Waals surface area contributed by atoms with Gasteiger partial charge in [-0.15, -0.1) is 11.3 Å². The van der Waals surface area contributed by atoms with Crippen molar-refractivity contribution in [2.75, 3.05) is 23.8 Å². The molecule has 0 aliphatic rings. The molecule has 1 N–H and O–H groups in total. The van der Waals surface area contributed by atoms with E-state index in [0.717, 1.165) is 23.1 Å². The molecule has 0 atom stereocenters. The number of benzene rings is 1. The fraction of sp³-hybridized carbons (Fsp3) is 0.267. The number of aryl methyl sites for hydroxylation is 1. The normalized spacial score (nSPS) is 11.7. The van der Waals surface area contributed by atoms with Gasteiger partial charge in [-0.1, -0.05) is 17.4 Å². The first-order valence-corrected chi connectivity index (χ1v) is 8.83. The van der Waals surface area contributed by atoms with Crippen LogP contribution in [0.4, 0.5) is 23.4 Å². The Balaban J connectivity index is 1.78. The molecular weight excluding hydrogens is 373 g/mol. The maximum atomic E-state index is 13.1. The zero-order valence-electron chi connectivity index (χ0n) is 13.2. The van der Waals surface area contributed by atoms with E-state index in [4.69, 9.17) is 0 Å². The molecule has 132 valence electrons. The summed E-state index contributed by atoms with van der Waals surface area (Å²) < 4.78 is 39.6. The first-order valence-electron chi connectivity index (χ1n) is 7.14. The molecule has 0 bridgehead atoms. The Kier molecular flexibility index (Phi) is 4.65. The number of thiazole rings is 2. The van der Waals surface area contributed by atoms with E-state index in [0.29, 0.717) is 15.0 Å². The van der Waals surface area contributed by atoms with Crippen LogP contribution in [0.15, 0.2) is 23.6 Å². The molecule has 5 nitrogen and oxygen atoms in total. The largest absolute Gasteiger partial charge is 0.418 e. The quantitative estimate of drug-likeness (QED) is 0.732. The van der Waals surface area contributed by atoms with E-state index in [1.54, 1.807) is 13.1 Å². The zero-order valence-corrected chi connectivity index (χ0v) is 14.8. The van der Waals surface area contributed by atoms with Gasteiger partial charge in [0.15, 0.2) is 10.3 Å². The van der Waals surface area contributed by atoms with Crippen molar-refractivity contribution in [1.82, 2.24) is 9.97 Å². The molecule has 10 heteroatoms. The second-order valence-corrected chi connectivity index (χ2v) is 7.21. The average molecular weight is 386 g/mol. The average Bonchev–Trinajstić information content (AvgIpc) is 3.11. The molecule has 0 unspecified atom stereocenters. The lowest BCUT2D eigenvalue weighted by Gasteiger charge is -2.14. The van der Waals surface area contributed by atoms with Gasteiger partial charge in [0.1, 0.15) is 0 Å². The lowest BCUT2D eigenvalue weighted by atomic mass is 10.2. The minimum Gasteiger partial charge on any atom is -0.342 e. The summed E-state index contributed by atoms with van der Waals surface area (Å²) in [6, 6.07) is 3.94. The van der Waals surface area contributed by atoms with Crippen molar-refractivity contribution in [2.45, 2.75) is 13.1 Å². The number of carbonyl (C=O) groups excluding carboxylic acids is 1. The topological polar surface area (TPSA) is 58.1 Å². The van der Waals surface area contributed by atoms with Crippen molar-refractivity contribution in [3.8, 4) is 0 Å². The summed E-state index contributed by atoms with van der Waals surface area (Å²) in [7, 11) is 1.61. The van der Waals surface area contributed by atoms with Crippen LogP contribution in [0.25, 0.3) is 10.2 Å². The predicted molar refractivity (Wildman–Crippen MR) is 93.4 cm³/mol. The molecule has 0 aliphatic heterocycles. The second-order valence-electron chi connectivity index (χ2n) is 5.34. The predicted octanol–water partition coefficient (Wildman–Crippen LogP) is 4.15. The molecule has 0 saturated heterocycles. The molecule has 2 heterocycles. The lowest BCUT2D eigenvalue weighted by Crippen LogP contribution is -2.29. The number of carbonyl (C=O) groups is 1. The lowest BCUT2D eigenvalue weighted by molar-refractivity contribution is -0.136. The summed E-state index contributed by atoms with van der Waals surface area (Å²) in [6.45, 7) is 1.78. The van der Waals surface area contributed by atoms with Gasteiger partial charge in [0.2, 0.25) is 5.91 Å². The molecule has 0 aliphatic carbocycles. The van der Waals surface area contributed by atoms with Gasteiger partial charge in [-0.2, -0.15) is 13.2 Å². The van der Waals surface area contributed by atoms with Crippen LogP contribution in [-0.4, -0.2) is 29.5 Å². The molecule has 0 fully saturated rings. The highest BCUT2D eigenvalue weighted by molar-refractivity contribution is 7.22. The zero-order chi connectivity index (χ0) is 18.2. The molecule has 0 radical (unpaired) electrons. The Hall–Kier alpha value is -2.20. The number of halogens is 3. The number of likely N-dealkylation sites (N-methyl/N-ethyl adjacent to an activating group) is 1. The second kappa shape index (κ2) is 6.60. The summed E-state index contributed by atoms with van der Waals surface area (Å²) in [5, 5.41) is 5.30. The molecule has 2 aromatic heterocycles. The number of nitrogens with one attached hydrogen (secondary N) is 1. The minimum atomic E-state index is -4.47. The van der Waals surface area contributed by atoms with E-state index in [2.05, 4.69) is 15.3 Å². The van der Waals surface area contributed by atoms with E-state index < -0.39 is 11.7 Å². The van der Waals surface area contributed by atoms with Crippen LogP contribution >= 0.6 is 22.7 Å². The number of alkyl halides is 3. The maximum absolute atomic E-state index is 13.1. The molecule has 3 rings (SSSR count). The number of fused-ring (bicyclic) bond motifs is 1. The third-order valence-corrected chi connectivity index (χ3v) is 5.30. The van der Waals surface area contributed by atoms with Crippen LogP contribution in [0, 0.1) is 6.92 Å². The number of rotatable bonds is 4. The SMILES string of the molecule is Cc1csc(NC(=O)CN(C)c2nc3c(C(F)(F)F)cccc3s2)n1. The monoisotopic (exact) mass is 386 g/mol. The van der Waals surface area contributed by atoms with Gasteiger partial charge in [0.25, 0.3) is 0 Å². The smallest absolute Gasteiger partial charge is 0.342 e. The van der Waals surface area contributed by atoms with Gasteiger partial charge in [-0.05, 0) is 19.1 Å². The van der Waals surface area contributed by atoms with Crippen LogP contribution in [0.5, 0.6) is 0 Å². The molecular formula is C15H13F3N4OS2. The number of anilines is 2. The Bertz CT molecular complexity index is 919. The van der Waals surface area contributed by atoms with E-state index in [-0.39, 0.29) is 18.0 Å². The van der Waals surface area contributed by atoms with Crippen molar-refractivity contribution >= 4 is 49.1 Å². The van der Waals surface area contributed by atoms with Crippen LogP contribution in [0.3, 0.4) is 0 Å². The van der Waals surface area contributed by atoms with Gasteiger partial charge in [0.05, 0.1) is 28.0 Å². The summed E-state index contributed by atoms with van der Waals surface area (Å²) in [6.07, 6.45) is -4.47. The Morgan fingerprint density at radius 3 is 2.72 bits per heavy atom. The highest BCUT2D eigenvalue weighted by Gasteiger charge is 2.34. The van der Waals surface area contributed by atoms with Crippen molar-refractivity contribution in [3.63, 3.8) is 0 Å². The number of amides is 1. The Morgan fingerprint density at radius 1 is 1.32 bits per heavy atom. The molecule has 1 amide bonds. The summed E-state index contributed by atoms with van der Waals surface area (Å²) >= 11 is 2.42. The van der Waals surface area contributed by atoms with Crippen molar-refractivity contribution < 1.29 is 18.0 Å². The first-order chi connectivity index (χ1) is 11.7. The number of para-hydroxylation sites is 1. The number of nitrogens with zero attached hydrogens (tertiary/aromatic N) is 3. The van der Waals surface area contributed by atoms with Gasteiger partial charge < -0.3 is 10.2 Å². The fourth-order valence-electron chi connectivity index (χ4n) is 2.18. The minimum absolute atomic E-state index is 0.0419. The third-order valence-electron chi connectivity index (χ3n) is 3.29. The van der Waals surface area contributed by atoms with Crippen LogP contribution in [0.2, 0.25) is 0 Å². The fourth-order valence-corrected chi connectivity index (χ4v) is 3.84. The van der Waals surface area contributed by atoms with E-state index >= 15 is 0 Å². The standard InChI is InChI=1S/C15H13F3N4OS2/c1-8-7-24-13(19-8)20-11(23)6-22(2)14-21-12-9(15(16,17)18)4-3-5-10(12)25-14/h3-5,7H,6H2,1-2H3,(H,19,20,23). The van der Waals surface area contributed by atoms with Crippen LogP contribution < -0.4 is 10.2 Å². The van der Waals surface area contributed by atoms with Gasteiger partial charge in [-0.25, -0.2) is 9.97 Å². The van der Waals surface area contributed by atoms with Gasteiger partial charge in [-0.3, -0.25) is 4.79 Å². The summed E-state index contributed by atoms with van der Waals surface area (Å²) in [5.74, 6) is -0.313. The van der Waals surface area contributed by atoms with Crippen molar-refractivity contribution in [2.24, 2.45) is 0 Å². The van der Waals surface area contributed by atoms with E-state index in [1.165, 1.54) is 22.3 Å². The van der Waals surface area contributed by atoms with Crippen LogP contribution in [0.1, 0.15) is 11.3 Å². The Morgan fingerprint density at radius 2 is 2.08 bits per heavy atom. The summed E-state index contributed by atoms with van der Waals surface area (Å²) in [5.41, 5.74) is -0.0686. The number of hydrogen-bond acceptors (Lipinski definition) is 6. The molecule has 0 spiro atoms. The Labute approximate surface area is 149 Å². The van der Waals surface area contributed by atoms with E-state index in [1.807, 2.05) is 12.3 Å². The van der Waals surface area contributed by atoms with Gasteiger partial charge >= 0.3 is 6.18 Å². The van der Waals surface area contributed by atoms with Gasteiger partial charge in [0, 0.05) is 12.4 Å². The number of hydrogen-bond donors (Lipinski definition) is 1. The highest BCUT2D eigenvalue weighted by Crippen LogP contribution is 2.38. The molecule has 1 aromatic carbocycles. The first kappa shape index (κ1) is 17.6. The number of aromatic nitrogens is 2. The van der Waals surface area contributed by atoms with Crippen molar-refractivity contribution in [3.05, 3.63) is 34.8 Å². The van der Waals surface area contributed by atoms with E-state index in [9.17, 15) is 18.0 Å². The van der Waals surface area contributed by atoms with Crippen molar-refractivity contribution in [1.29, 1.82) is 0 Å². The maximum Gasteiger partial charge on any atom is 0.418 e. The van der Waals surface area contributed by atoms with Crippen LogP contribution in [-0.2, 0) is 11.0 Å².